The average Bonchev–Trinajstić information content (AvgIpc) is 2.88. The molecule has 1 saturated heterocycles. The molecule has 1 aromatic heterocycles. The summed E-state index contributed by atoms with van der Waals surface area (Å²) < 4.78 is 0. The van der Waals surface area contributed by atoms with Crippen molar-refractivity contribution < 1.29 is 0 Å². The van der Waals surface area contributed by atoms with Crippen LogP contribution in [-0.2, 0) is 0 Å². The van der Waals surface area contributed by atoms with E-state index >= 15 is 0 Å². The van der Waals surface area contributed by atoms with E-state index in [1.807, 2.05) is 6.20 Å². The van der Waals surface area contributed by atoms with E-state index in [0.29, 0.717) is 5.41 Å². The van der Waals surface area contributed by atoms with Gasteiger partial charge in [-0.3, -0.25) is 4.90 Å². The summed E-state index contributed by atoms with van der Waals surface area (Å²) in [5.74, 6) is 0. The highest BCUT2D eigenvalue weighted by molar-refractivity contribution is 9.09. The van der Waals surface area contributed by atoms with Crippen LogP contribution in [0.5, 0.6) is 0 Å². The SMILES string of the molecule is BrCC1(CN2CCN(c3nccs3)CC2)CCC1. The Labute approximate surface area is 121 Å². The summed E-state index contributed by atoms with van der Waals surface area (Å²) in [7, 11) is 0. The van der Waals surface area contributed by atoms with Crippen LogP contribution >= 0.6 is 27.3 Å². The third kappa shape index (κ3) is 2.58. The Balaban J connectivity index is 1.51. The monoisotopic (exact) mass is 329 g/mol. The number of anilines is 1. The van der Waals surface area contributed by atoms with Gasteiger partial charge in [0.15, 0.2) is 5.13 Å². The number of rotatable bonds is 4. The van der Waals surface area contributed by atoms with Crippen molar-refractivity contribution in [2.24, 2.45) is 5.41 Å². The van der Waals surface area contributed by atoms with Crippen molar-refractivity contribution >= 4 is 32.4 Å². The molecule has 2 heterocycles. The zero-order valence-corrected chi connectivity index (χ0v) is 13.0. The van der Waals surface area contributed by atoms with Gasteiger partial charge in [0, 0.05) is 49.6 Å². The van der Waals surface area contributed by atoms with Gasteiger partial charge in [0.05, 0.1) is 0 Å². The predicted octanol–water partition coefficient (Wildman–Crippen LogP) is 2.83. The van der Waals surface area contributed by atoms with Gasteiger partial charge in [0.25, 0.3) is 0 Å². The summed E-state index contributed by atoms with van der Waals surface area (Å²) in [6.07, 6.45) is 6.14. The number of aromatic nitrogens is 1. The number of thiazole rings is 1. The molecule has 5 heteroatoms. The number of piperazine rings is 1. The first-order valence-corrected chi connectivity index (χ1v) is 8.74. The number of hydrogen-bond acceptors (Lipinski definition) is 4. The summed E-state index contributed by atoms with van der Waals surface area (Å²) in [4.78, 5) is 9.46. The van der Waals surface area contributed by atoms with Crippen LogP contribution in [0.1, 0.15) is 19.3 Å². The second-order valence-electron chi connectivity index (χ2n) is 5.57. The first kappa shape index (κ1) is 12.9. The topological polar surface area (TPSA) is 19.4 Å². The second-order valence-corrected chi connectivity index (χ2v) is 7.00. The quantitative estimate of drug-likeness (QED) is 0.792. The molecule has 3 rings (SSSR count). The van der Waals surface area contributed by atoms with E-state index in [4.69, 9.17) is 0 Å². The highest BCUT2D eigenvalue weighted by Gasteiger charge is 2.37. The lowest BCUT2D eigenvalue weighted by Gasteiger charge is -2.46. The number of nitrogens with zero attached hydrogens (tertiary/aromatic N) is 3. The van der Waals surface area contributed by atoms with E-state index in [-0.39, 0.29) is 0 Å². The third-order valence-electron chi connectivity index (χ3n) is 4.32. The van der Waals surface area contributed by atoms with E-state index in [1.54, 1.807) is 11.3 Å². The van der Waals surface area contributed by atoms with Crippen LogP contribution in [0.25, 0.3) is 0 Å². The summed E-state index contributed by atoms with van der Waals surface area (Å²) in [6, 6.07) is 0. The van der Waals surface area contributed by atoms with Crippen LogP contribution in [0.2, 0.25) is 0 Å². The summed E-state index contributed by atoms with van der Waals surface area (Å²) in [6.45, 7) is 5.92. The molecule has 0 spiro atoms. The standard InChI is InChI=1S/C13H20BrN3S/c14-10-13(2-1-3-13)11-16-5-7-17(8-6-16)12-15-4-9-18-12/h4,9H,1-3,5-8,10-11H2. The Hall–Kier alpha value is -0.130. The van der Waals surface area contributed by atoms with Crippen LogP contribution in [-0.4, -0.2) is 47.9 Å². The van der Waals surface area contributed by atoms with Crippen molar-refractivity contribution in [3.63, 3.8) is 0 Å². The number of hydrogen-bond donors (Lipinski definition) is 0. The highest BCUT2D eigenvalue weighted by Crippen LogP contribution is 2.43. The molecule has 0 N–H and O–H groups in total. The molecule has 0 radical (unpaired) electrons. The molecule has 1 saturated carbocycles. The maximum atomic E-state index is 4.40. The van der Waals surface area contributed by atoms with Crippen molar-refractivity contribution in [2.75, 3.05) is 43.0 Å². The smallest absolute Gasteiger partial charge is 0.185 e. The van der Waals surface area contributed by atoms with Crippen molar-refractivity contribution in [2.45, 2.75) is 19.3 Å². The minimum absolute atomic E-state index is 0.587. The lowest BCUT2D eigenvalue weighted by molar-refractivity contribution is 0.0876. The number of halogens is 1. The van der Waals surface area contributed by atoms with Crippen LogP contribution in [0.4, 0.5) is 5.13 Å². The molecule has 1 aliphatic heterocycles. The maximum absolute atomic E-state index is 4.40. The van der Waals surface area contributed by atoms with Crippen LogP contribution in [0, 0.1) is 5.41 Å². The molecule has 0 unspecified atom stereocenters. The molecule has 0 aromatic carbocycles. The van der Waals surface area contributed by atoms with Gasteiger partial charge in [-0.15, -0.1) is 11.3 Å². The minimum Gasteiger partial charge on any atom is -0.346 e. The van der Waals surface area contributed by atoms with E-state index in [0.717, 1.165) is 13.1 Å². The minimum atomic E-state index is 0.587. The van der Waals surface area contributed by atoms with E-state index in [9.17, 15) is 0 Å². The fourth-order valence-corrected chi connectivity index (χ4v) is 4.39. The largest absolute Gasteiger partial charge is 0.346 e. The molecule has 18 heavy (non-hydrogen) atoms. The zero-order valence-electron chi connectivity index (χ0n) is 10.6. The van der Waals surface area contributed by atoms with Crippen molar-refractivity contribution in [1.82, 2.24) is 9.88 Å². The summed E-state index contributed by atoms with van der Waals surface area (Å²) in [5, 5.41) is 4.43. The molecule has 3 nitrogen and oxygen atoms in total. The maximum Gasteiger partial charge on any atom is 0.185 e. The van der Waals surface area contributed by atoms with Crippen molar-refractivity contribution in [1.29, 1.82) is 0 Å². The van der Waals surface area contributed by atoms with E-state index in [1.165, 1.54) is 49.4 Å². The summed E-state index contributed by atoms with van der Waals surface area (Å²) in [5.41, 5.74) is 0.587. The first-order valence-electron chi connectivity index (χ1n) is 6.74. The van der Waals surface area contributed by atoms with Gasteiger partial charge in [0.2, 0.25) is 0 Å². The normalized spacial score (nSPS) is 23.9. The van der Waals surface area contributed by atoms with Crippen LogP contribution < -0.4 is 4.90 Å². The molecule has 0 amide bonds. The third-order valence-corrected chi connectivity index (χ3v) is 6.34. The Morgan fingerprint density at radius 3 is 2.56 bits per heavy atom. The van der Waals surface area contributed by atoms with Gasteiger partial charge in [-0.05, 0) is 18.3 Å². The molecule has 1 aliphatic carbocycles. The molecule has 1 aromatic rings. The lowest BCUT2D eigenvalue weighted by atomic mass is 9.70. The Morgan fingerprint density at radius 2 is 2.06 bits per heavy atom. The Kier molecular flexibility index (Phi) is 3.91. The molecule has 2 fully saturated rings. The molecule has 100 valence electrons. The molecule has 0 atom stereocenters. The van der Waals surface area contributed by atoms with Gasteiger partial charge in [-0.1, -0.05) is 22.4 Å². The zero-order chi connectivity index (χ0) is 12.4. The molecular formula is C13H20BrN3S. The Morgan fingerprint density at radius 1 is 1.28 bits per heavy atom. The molecule has 0 bridgehead atoms. The Bertz CT molecular complexity index is 364. The van der Waals surface area contributed by atoms with Gasteiger partial charge in [0.1, 0.15) is 0 Å². The summed E-state index contributed by atoms with van der Waals surface area (Å²) >= 11 is 5.46. The van der Waals surface area contributed by atoms with Crippen LogP contribution in [0.3, 0.4) is 0 Å². The number of alkyl halides is 1. The molecule has 2 aliphatic rings. The van der Waals surface area contributed by atoms with Crippen molar-refractivity contribution in [3.8, 4) is 0 Å². The lowest BCUT2D eigenvalue weighted by Crippen LogP contribution is -2.52. The van der Waals surface area contributed by atoms with Crippen molar-refractivity contribution in [3.05, 3.63) is 11.6 Å². The van der Waals surface area contributed by atoms with E-state index in [2.05, 4.69) is 36.1 Å². The van der Waals surface area contributed by atoms with Gasteiger partial charge in [-0.2, -0.15) is 0 Å². The van der Waals surface area contributed by atoms with Crippen LogP contribution in [0.15, 0.2) is 11.6 Å². The highest BCUT2D eigenvalue weighted by atomic mass is 79.9. The molecular weight excluding hydrogens is 310 g/mol. The van der Waals surface area contributed by atoms with Gasteiger partial charge >= 0.3 is 0 Å². The van der Waals surface area contributed by atoms with Gasteiger partial charge in [-0.25, -0.2) is 4.98 Å². The fraction of sp³-hybridized carbons (Fsp3) is 0.769. The first-order chi connectivity index (χ1) is 8.81. The van der Waals surface area contributed by atoms with Gasteiger partial charge < -0.3 is 4.90 Å². The average molecular weight is 330 g/mol. The predicted molar refractivity (Wildman–Crippen MR) is 80.8 cm³/mol. The second kappa shape index (κ2) is 5.47. The van der Waals surface area contributed by atoms with E-state index < -0.39 is 0 Å². The fourth-order valence-electron chi connectivity index (χ4n) is 2.95.